The maximum absolute atomic E-state index is 11.6. The number of aryl methyl sites for hydroxylation is 1. The van der Waals surface area contributed by atoms with Crippen molar-refractivity contribution in [1.29, 1.82) is 0 Å². The Labute approximate surface area is 148 Å². The molecular formula is C13H26IN7O. The summed E-state index contributed by atoms with van der Waals surface area (Å²) in [6.45, 7) is 4.61. The number of aromatic nitrogens is 3. The van der Waals surface area contributed by atoms with Crippen LogP contribution in [0.15, 0.2) is 17.4 Å². The van der Waals surface area contributed by atoms with Crippen LogP contribution in [0.5, 0.6) is 0 Å². The Balaban J connectivity index is 0.00000441. The number of halogens is 1. The van der Waals surface area contributed by atoms with Gasteiger partial charge < -0.3 is 15.5 Å². The second-order valence-electron chi connectivity index (χ2n) is 4.83. The number of nitrogens with one attached hydrogen (secondary N) is 2. The van der Waals surface area contributed by atoms with Crippen molar-refractivity contribution in [1.82, 2.24) is 30.5 Å². The van der Waals surface area contributed by atoms with Gasteiger partial charge in [0.2, 0.25) is 5.91 Å². The average Bonchev–Trinajstić information content (AvgIpc) is 2.98. The van der Waals surface area contributed by atoms with Crippen molar-refractivity contribution >= 4 is 35.8 Å². The summed E-state index contributed by atoms with van der Waals surface area (Å²) < 4.78 is 1.79. The Morgan fingerprint density at radius 1 is 1.32 bits per heavy atom. The lowest BCUT2D eigenvalue weighted by Gasteiger charge is -2.13. The summed E-state index contributed by atoms with van der Waals surface area (Å²) in [7, 11) is 3.45. The van der Waals surface area contributed by atoms with Gasteiger partial charge in [-0.3, -0.25) is 9.48 Å². The van der Waals surface area contributed by atoms with E-state index >= 15 is 0 Å². The monoisotopic (exact) mass is 423 g/mol. The van der Waals surface area contributed by atoms with E-state index in [0.717, 1.165) is 32.5 Å². The highest BCUT2D eigenvalue weighted by Crippen LogP contribution is 1.87. The van der Waals surface area contributed by atoms with Crippen LogP contribution in [-0.4, -0.2) is 65.5 Å². The van der Waals surface area contributed by atoms with Gasteiger partial charge in [0.05, 0.1) is 6.20 Å². The Kier molecular flexibility index (Phi) is 11.4. The summed E-state index contributed by atoms with van der Waals surface area (Å²) in [5.74, 6) is 0.654. The molecule has 9 heteroatoms. The quantitative estimate of drug-likeness (QED) is 0.272. The minimum absolute atomic E-state index is 0. The molecule has 0 bridgehead atoms. The fourth-order valence-corrected chi connectivity index (χ4v) is 1.51. The smallest absolute Gasteiger partial charge is 0.243 e. The van der Waals surface area contributed by atoms with Crippen molar-refractivity contribution in [2.24, 2.45) is 4.99 Å². The van der Waals surface area contributed by atoms with E-state index in [0.29, 0.717) is 5.96 Å². The normalized spacial score (nSPS) is 10.8. The van der Waals surface area contributed by atoms with E-state index < -0.39 is 0 Å². The van der Waals surface area contributed by atoms with Gasteiger partial charge in [0.15, 0.2) is 5.96 Å². The number of rotatable bonds is 8. The minimum atomic E-state index is -0.0183. The summed E-state index contributed by atoms with van der Waals surface area (Å²) in [6, 6.07) is 0. The van der Waals surface area contributed by atoms with E-state index in [1.165, 1.54) is 4.90 Å². The first-order chi connectivity index (χ1) is 10.1. The molecular weight excluding hydrogens is 397 g/mol. The topological polar surface area (TPSA) is 87.4 Å². The van der Waals surface area contributed by atoms with Gasteiger partial charge in [0.25, 0.3) is 0 Å². The molecule has 0 saturated heterocycles. The zero-order valence-corrected chi connectivity index (χ0v) is 15.8. The Bertz CT molecular complexity index is 434. The van der Waals surface area contributed by atoms with Crippen LogP contribution in [0.3, 0.4) is 0 Å². The highest BCUT2D eigenvalue weighted by molar-refractivity contribution is 14.0. The van der Waals surface area contributed by atoms with E-state index in [1.807, 2.05) is 6.20 Å². The van der Waals surface area contributed by atoms with Crippen LogP contribution in [-0.2, 0) is 11.3 Å². The minimum Gasteiger partial charge on any atom is -0.356 e. The second kappa shape index (κ2) is 12.2. The molecule has 1 rings (SSSR count). The molecule has 1 aromatic heterocycles. The van der Waals surface area contributed by atoms with Crippen LogP contribution in [0.1, 0.15) is 19.8 Å². The number of amides is 1. The van der Waals surface area contributed by atoms with Gasteiger partial charge in [-0.2, -0.15) is 0 Å². The molecule has 8 nitrogen and oxygen atoms in total. The lowest BCUT2D eigenvalue weighted by Crippen LogP contribution is -2.39. The van der Waals surface area contributed by atoms with E-state index in [2.05, 4.69) is 32.9 Å². The third kappa shape index (κ3) is 8.80. The average molecular weight is 423 g/mol. The molecule has 0 aliphatic rings. The maximum Gasteiger partial charge on any atom is 0.243 e. The van der Waals surface area contributed by atoms with E-state index in [1.54, 1.807) is 25.0 Å². The fraction of sp³-hybridized carbons (Fsp3) is 0.692. The lowest BCUT2D eigenvalue weighted by molar-refractivity contribution is -0.127. The first-order valence-corrected chi connectivity index (χ1v) is 7.20. The number of hydrogen-bond donors (Lipinski definition) is 2. The van der Waals surface area contributed by atoms with Crippen molar-refractivity contribution < 1.29 is 4.79 Å². The Morgan fingerprint density at radius 3 is 2.64 bits per heavy atom. The summed E-state index contributed by atoms with van der Waals surface area (Å²) in [5, 5.41) is 14.1. The number of carbonyl (C=O) groups is 1. The summed E-state index contributed by atoms with van der Waals surface area (Å²) >= 11 is 0. The second-order valence-corrected chi connectivity index (χ2v) is 4.83. The first kappa shape index (κ1) is 20.6. The van der Waals surface area contributed by atoms with Crippen molar-refractivity contribution in [2.45, 2.75) is 26.3 Å². The molecule has 0 atom stereocenters. The van der Waals surface area contributed by atoms with Gasteiger partial charge in [0.1, 0.15) is 6.54 Å². The number of aliphatic imine (C=N–C) groups is 1. The largest absolute Gasteiger partial charge is 0.356 e. The highest BCUT2D eigenvalue weighted by Gasteiger charge is 2.04. The predicted octanol–water partition coefficient (Wildman–Crippen LogP) is 0.320. The molecule has 1 amide bonds. The molecule has 1 heterocycles. The number of likely N-dealkylation sites (N-methyl/N-ethyl adjacent to an activating group) is 1. The van der Waals surface area contributed by atoms with Crippen LogP contribution < -0.4 is 10.6 Å². The van der Waals surface area contributed by atoms with Gasteiger partial charge >= 0.3 is 0 Å². The predicted molar refractivity (Wildman–Crippen MR) is 97.3 cm³/mol. The SMILES string of the molecule is CCCNC(=NCC(=O)N(C)C)NCCCn1ccnn1.I. The van der Waals surface area contributed by atoms with E-state index in [4.69, 9.17) is 0 Å². The number of carbonyl (C=O) groups excluding carboxylic acids is 1. The summed E-state index contributed by atoms with van der Waals surface area (Å²) in [5.41, 5.74) is 0. The molecule has 2 N–H and O–H groups in total. The van der Waals surface area contributed by atoms with Gasteiger partial charge in [0, 0.05) is 39.9 Å². The first-order valence-electron chi connectivity index (χ1n) is 7.20. The van der Waals surface area contributed by atoms with E-state index in [-0.39, 0.29) is 36.4 Å². The summed E-state index contributed by atoms with van der Waals surface area (Å²) in [6.07, 6.45) is 5.40. The van der Waals surface area contributed by atoms with Crippen molar-refractivity contribution in [3.05, 3.63) is 12.4 Å². The van der Waals surface area contributed by atoms with Crippen molar-refractivity contribution in [3.63, 3.8) is 0 Å². The van der Waals surface area contributed by atoms with Crippen LogP contribution in [0.4, 0.5) is 0 Å². The lowest BCUT2D eigenvalue weighted by atomic mass is 10.4. The Hall–Kier alpha value is -1.39. The van der Waals surface area contributed by atoms with Crippen LogP contribution in [0.2, 0.25) is 0 Å². The molecule has 0 unspecified atom stereocenters. The van der Waals surface area contributed by atoms with Crippen LogP contribution >= 0.6 is 24.0 Å². The molecule has 0 aliphatic carbocycles. The van der Waals surface area contributed by atoms with Crippen molar-refractivity contribution in [3.8, 4) is 0 Å². The molecule has 0 saturated carbocycles. The zero-order valence-electron chi connectivity index (χ0n) is 13.4. The van der Waals surface area contributed by atoms with Gasteiger partial charge in [-0.15, -0.1) is 29.1 Å². The maximum atomic E-state index is 11.6. The van der Waals surface area contributed by atoms with Crippen LogP contribution in [0, 0.1) is 0 Å². The zero-order chi connectivity index (χ0) is 15.5. The fourth-order valence-electron chi connectivity index (χ4n) is 1.51. The number of nitrogens with zero attached hydrogens (tertiary/aromatic N) is 5. The van der Waals surface area contributed by atoms with E-state index in [9.17, 15) is 4.79 Å². The molecule has 0 aliphatic heterocycles. The molecule has 0 fully saturated rings. The van der Waals surface area contributed by atoms with Gasteiger partial charge in [-0.25, -0.2) is 4.99 Å². The summed E-state index contributed by atoms with van der Waals surface area (Å²) in [4.78, 5) is 17.4. The third-order valence-corrected chi connectivity index (χ3v) is 2.74. The molecule has 0 aromatic carbocycles. The van der Waals surface area contributed by atoms with Gasteiger partial charge in [-0.1, -0.05) is 12.1 Å². The molecule has 0 radical (unpaired) electrons. The standard InChI is InChI=1S/C13H25N7O.HI/c1-4-6-14-13(16-11-12(21)19(2)3)15-7-5-9-20-10-8-17-18-20;/h8,10H,4-7,9,11H2,1-3H3,(H2,14,15,16);1H. The van der Waals surface area contributed by atoms with Crippen molar-refractivity contribution in [2.75, 3.05) is 33.7 Å². The van der Waals surface area contributed by atoms with Crippen LogP contribution in [0.25, 0.3) is 0 Å². The molecule has 1 aromatic rings. The number of guanidine groups is 1. The molecule has 126 valence electrons. The van der Waals surface area contributed by atoms with Gasteiger partial charge in [-0.05, 0) is 12.8 Å². The highest BCUT2D eigenvalue weighted by atomic mass is 127. The molecule has 0 spiro atoms. The third-order valence-electron chi connectivity index (χ3n) is 2.74. The molecule has 22 heavy (non-hydrogen) atoms. The number of hydrogen-bond acceptors (Lipinski definition) is 4. The Morgan fingerprint density at radius 2 is 2.05 bits per heavy atom.